The number of ether oxygens (including phenoxy) is 2. The molecule has 2 fully saturated rings. The highest BCUT2D eigenvalue weighted by Crippen LogP contribution is 2.65. The molecule has 1 saturated carbocycles. The Hall–Kier alpha value is -3.06. The molecule has 2 aliphatic heterocycles. The predicted molar refractivity (Wildman–Crippen MR) is 181 cm³/mol. The van der Waals surface area contributed by atoms with E-state index in [1.54, 1.807) is 19.1 Å². The second-order valence-corrected chi connectivity index (χ2v) is 14.8. The van der Waals surface area contributed by atoms with Crippen LogP contribution in [0.5, 0.6) is 5.75 Å². The highest BCUT2D eigenvalue weighted by atomic mass is 35.5. The fourth-order valence-corrected chi connectivity index (χ4v) is 9.58. The summed E-state index contributed by atoms with van der Waals surface area (Å²) in [4.78, 5) is 32.0. The minimum absolute atomic E-state index is 0.0206. The van der Waals surface area contributed by atoms with E-state index >= 15 is 0 Å². The van der Waals surface area contributed by atoms with Crippen molar-refractivity contribution < 1.29 is 19.1 Å². The van der Waals surface area contributed by atoms with Gasteiger partial charge in [0.2, 0.25) is 5.91 Å². The molecule has 242 valence electrons. The number of benzene rings is 3. The van der Waals surface area contributed by atoms with Crippen LogP contribution < -0.4 is 4.74 Å². The van der Waals surface area contributed by atoms with Crippen molar-refractivity contribution in [1.29, 1.82) is 0 Å². The first-order valence-corrected chi connectivity index (χ1v) is 17.4. The number of carbonyl (C=O) groups is 2. The molecule has 2 bridgehead atoms. The minimum atomic E-state index is -0.745. The molecule has 8 heteroatoms. The first-order chi connectivity index (χ1) is 22.1. The third-order valence-electron chi connectivity index (χ3n) is 10.9. The Morgan fingerprint density at radius 3 is 2.57 bits per heavy atom. The third kappa shape index (κ3) is 5.12. The number of nitrogens with zero attached hydrogens (tertiary/aromatic N) is 2. The summed E-state index contributed by atoms with van der Waals surface area (Å²) < 4.78 is 13.7. The number of amides is 1. The SMILES string of the molecule is CC(=O)O[C@@]12CC[C@H](N(CC(C)C)C(=O)Cc3ccc(Cl)c(Cl)c3)[C@@H]3Oc4cccc5c4[C@@]31CCN(CCc1ccccc1)[C@@H]2C5. The average Bonchev–Trinajstić information content (AvgIpc) is 3.36. The molecule has 5 atom stereocenters. The average molecular weight is 662 g/mol. The van der Waals surface area contributed by atoms with Gasteiger partial charge in [-0.15, -0.1) is 0 Å². The summed E-state index contributed by atoms with van der Waals surface area (Å²) in [6, 6.07) is 22.2. The molecule has 0 unspecified atom stereocenters. The lowest BCUT2D eigenvalue weighted by Crippen LogP contribution is -2.79. The smallest absolute Gasteiger partial charge is 0.303 e. The molecule has 6 nitrogen and oxygen atoms in total. The van der Waals surface area contributed by atoms with Crippen LogP contribution in [0.1, 0.15) is 62.3 Å². The number of halogens is 2. The van der Waals surface area contributed by atoms with Gasteiger partial charge >= 0.3 is 5.97 Å². The molecular formula is C38H42Cl2N2O4. The Bertz CT molecular complexity index is 1650. The summed E-state index contributed by atoms with van der Waals surface area (Å²) in [6.07, 6.45) is 3.79. The molecule has 1 amide bonds. The van der Waals surface area contributed by atoms with E-state index in [9.17, 15) is 9.59 Å². The fraction of sp³-hybridized carbons (Fsp3) is 0.474. The summed E-state index contributed by atoms with van der Waals surface area (Å²) >= 11 is 12.5. The third-order valence-corrected chi connectivity index (χ3v) is 11.6. The molecule has 2 aliphatic carbocycles. The monoisotopic (exact) mass is 660 g/mol. The van der Waals surface area contributed by atoms with E-state index in [4.69, 9.17) is 32.7 Å². The molecule has 7 rings (SSSR count). The summed E-state index contributed by atoms with van der Waals surface area (Å²) in [5, 5.41) is 0.916. The largest absolute Gasteiger partial charge is 0.487 e. The van der Waals surface area contributed by atoms with Crippen LogP contribution in [0.3, 0.4) is 0 Å². The van der Waals surface area contributed by atoms with Crippen LogP contribution in [0.4, 0.5) is 0 Å². The normalized spacial score (nSPS) is 27.6. The Morgan fingerprint density at radius 2 is 1.83 bits per heavy atom. The molecule has 1 saturated heterocycles. The zero-order chi connectivity index (χ0) is 32.2. The molecule has 2 heterocycles. The van der Waals surface area contributed by atoms with Crippen molar-refractivity contribution in [3.63, 3.8) is 0 Å². The number of hydrogen-bond donors (Lipinski definition) is 0. The summed E-state index contributed by atoms with van der Waals surface area (Å²) in [7, 11) is 0. The van der Waals surface area contributed by atoms with Gasteiger partial charge in [-0.2, -0.15) is 0 Å². The van der Waals surface area contributed by atoms with Gasteiger partial charge in [0.1, 0.15) is 17.5 Å². The van der Waals surface area contributed by atoms with Gasteiger partial charge in [-0.3, -0.25) is 14.5 Å². The van der Waals surface area contributed by atoms with Gasteiger partial charge in [0.15, 0.2) is 0 Å². The van der Waals surface area contributed by atoms with Crippen molar-refractivity contribution in [3.8, 4) is 5.75 Å². The highest BCUT2D eigenvalue weighted by Gasteiger charge is 2.75. The molecule has 3 aromatic rings. The maximum Gasteiger partial charge on any atom is 0.303 e. The lowest BCUT2D eigenvalue weighted by molar-refractivity contribution is -0.224. The van der Waals surface area contributed by atoms with Crippen molar-refractivity contribution in [2.45, 2.75) is 88.5 Å². The fourth-order valence-electron chi connectivity index (χ4n) is 9.25. The summed E-state index contributed by atoms with van der Waals surface area (Å²) in [5.41, 5.74) is 3.32. The summed E-state index contributed by atoms with van der Waals surface area (Å²) in [5.74, 6) is 0.923. The van der Waals surface area contributed by atoms with E-state index in [0.717, 1.165) is 43.7 Å². The Balaban J connectivity index is 1.28. The van der Waals surface area contributed by atoms with Crippen molar-refractivity contribution in [3.05, 3.63) is 99.0 Å². The molecule has 0 radical (unpaired) electrons. The molecule has 4 aliphatic rings. The van der Waals surface area contributed by atoms with E-state index in [1.807, 2.05) is 6.07 Å². The van der Waals surface area contributed by atoms with Gasteiger partial charge in [-0.05, 0) is 79.5 Å². The first kappa shape index (κ1) is 31.5. The number of hydrogen-bond acceptors (Lipinski definition) is 5. The van der Waals surface area contributed by atoms with E-state index in [-0.39, 0.29) is 42.4 Å². The zero-order valence-electron chi connectivity index (χ0n) is 26.8. The lowest BCUT2D eigenvalue weighted by Gasteiger charge is -2.65. The Labute approximate surface area is 281 Å². The maximum absolute atomic E-state index is 14.3. The van der Waals surface area contributed by atoms with Gasteiger partial charge in [0.05, 0.1) is 34.0 Å². The molecule has 0 N–H and O–H groups in total. The maximum atomic E-state index is 14.3. The standard InChI is InChI=1S/C38H42Cl2N2O4/c1-24(2)23-42(34(44)21-27-12-13-29(39)30(40)20-27)31-14-16-38(46-25(3)43)33-22-28-10-7-11-32-35(28)37(38,36(31)45-32)17-19-41(33)18-15-26-8-5-4-6-9-26/h4-13,20,24,31,33,36H,14-19,21-23H2,1-3H3/t31-,33+,36-,37-,38+/m0/s1. The molecule has 3 aromatic carbocycles. The minimum Gasteiger partial charge on any atom is -0.487 e. The van der Waals surface area contributed by atoms with Crippen LogP contribution in [0.2, 0.25) is 10.0 Å². The van der Waals surface area contributed by atoms with Gasteiger partial charge in [0.25, 0.3) is 0 Å². The van der Waals surface area contributed by atoms with Crippen LogP contribution in [0.15, 0.2) is 66.7 Å². The quantitative estimate of drug-likeness (QED) is 0.230. The van der Waals surface area contributed by atoms with Crippen molar-refractivity contribution in [1.82, 2.24) is 9.80 Å². The van der Waals surface area contributed by atoms with Crippen molar-refractivity contribution in [2.24, 2.45) is 5.92 Å². The van der Waals surface area contributed by atoms with Gasteiger partial charge in [0, 0.05) is 25.6 Å². The Morgan fingerprint density at radius 1 is 1.02 bits per heavy atom. The zero-order valence-corrected chi connectivity index (χ0v) is 28.3. The van der Waals surface area contributed by atoms with E-state index in [0.29, 0.717) is 29.4 Å². The van der Waals surface area contributed by atoms with Gasteiger partial charge < -0.3 is 14.4 Å². The predicted octanol–water partition coefficient (Wildman–Crippen LogP) is 7.06. The van der Waals surface area contributed by atoms with Crippen LogP contribution in [0, 0.1) is 5.92 Å². The van der Waals surface area contributed by atoms with Gasteiger partial charge in [-0.25, -0.2) is 0 Å². The molecular weight excluding hydrogens is 619 g/mol. The number of carbonyl (C=O) groups excluding carboxylic acids is 2. The van der Waals surface area contributed by atoms with Gasteiger partial charge in [-0.1, -0.05) is 85.6 Å². The number of rotatable bonds is 9. The van der Waals surface area contributed by atoms with Crippen molar-refractivity contribution in [2.75, 3.05) is 19.6 Å². The summed E-state index contributed by atoms with van der Waals surface area (Å²) in [6.45, 7) is 8.21. The first-order valence-electron chi connectivity index (χ1n) is 16.6. The second kappa shape index (κ2) is 12.2. The number of piperidine rings is 1. The van der Waals surface area contributed by atoms with Crippen LogP contribution >= 0.6 is 23.2 Å². The van der Waals surface area contributed by atoms with E-state index in [2.05, 4.69) is 72.2 Å². The van der Waals surface area contributed by atoms with E-state index in [1.165, 1.54) is 16.7 Å². The second-order valence-electron chi connectivity index (χ2n) is 14.0. The Kier molecular flexibility index (Phi) is 8.36. The van der Waals surface area contributed by atoms with Crippen LogP contribution in [0.25, 0.3) is 0 Å². The van der Waals surface area contributed by atoms with Crippen LogP contribution in [-0.4, -0.2) is 65.1 Å². The molecule has 0 aromatic heterocycles. The number of esters is 1. The molecule has 46 heavy (non-hydrogen) atoms. The highest BCUT2D eigenvalue weighted by molar-refractivity contribution is 6.42. The topological polar surface area (TPSA) is 59.1 Å². The van der Waals surface area contributed by atoms with Crippen molar-refractivity contribution >= 4 is 35.1 Å². The number of likely N-dealkylation sites (tertiary alicyclic amines) is 1. The molecule has 1 spiro atoms. The van der Waals surface area contributed by atoms with Crippen LogP contribution in [-0.2, 0) is 39.0 Å². The lowest BCUT2D eigenvalue weighted by atomic mass is 9.48. The van der Waals surface area contributed by atoms with E-state index < -0.39 is 11.0 Å².